The molecule has 0 radical (unpaired) electrons. The highest BCUT2D eigenvalue weighted by Crippen LogP contribution is 2.25. The van der Waals surface area contributed by atoms with Crippen LogP contribution < -0.4 is 5.73 Å². The van der Waals surface area contributed by atoms with E-state index in [1.807, 2.05) is 0 Å². The van der Waals surface area contributed by atoms with Crippen molar-refractivity contribution < 1.29 is 14.5 Å². The normalized spacial score (nSPS) is 13.1. The van der Waals surface area contributed by atoms with Crippen LogP contribution in [0.25, 0.3) is 0 Å². The molecule has 0 aliphatic heterocycles. The summed E-state index contributed by atoms with van der Waals surface area (Å²) in [6, 6.07) is 5.92. The minimum atomic E-state index is -0.987. The fraction of sp³-hybridized carbons (Fsp3) is 0.364. The summed E-state index contributed by atoms with van der Waals surface area (Å²) in [5.41, 5.74) is 5.45. The maximum Gasteiger partial charge on any atom is 0.307 e. The standard InChI is InChI=1S/C11H14N2O4.ClH/c1-11(12,7-10(14)17-2)8-4-3-5-9(6-8)13(15)16;/h3-6H,7,12H2,1-2H3;1H/t11-;/m1./s1. The van der Waals surface area contributed by atoms with Crippen LogP contribution in [0.4, 0.5) is 5.69 Å². The van der Waals surface area contributed by atoms with Gasteiger partial charge < -0.3 is 10.5 Å². The molecule has 2 N–H and O–H groups in total. The Morgan fingerprint density at radius 2 is 2.17 bits per heavy atom. The minimum absolute atomic E-state index is 0. The molecule has 18 heavy (non-hydrogen) atoms. The number of carbonyl (C=O) groups is 1. The number of hydrogen-bond donors (Lipinski definition) is 1. The van der Waals surface area contributed by atoms with E-state index in [0.29, 0.717) is 5.56 Å². The first kappa shape index (κ1) is 16.3. The molecular weight excluding hydrogens is 260 g/mol. The fourth-order valence-electron chi connectivity index (χ4n) is 1.45. The van der Waals surface area contributed by atoms with Crippen LogP contribution in [-0.2, 0) is 15.1 Å². The van der Waals surface area contributed by atoms with E-state index in [9.17, 15) is 14.9 Å². The first-order valence-corrected chi connectivity index (χ1v) is 4.97. The van der Waals surface area contributed by atoms with Gasteiger partial charge in [0.15, 0.2) is 0 Å². The second-order valence-electron chi connectivity index (χ2n) is 3.98. The molecule has 0 fully saturated rings. The molecule has 6 nitrogen and oxygen atoms in total. The molecule has 1 aromatic rings. The third-order valence-electron chi connectivity index (χ3n) is 2.46. The zero-order valence-corrected chi connectivity index (χ0v) is 10.9. The van der Waals surface area contributed by atoms with Gasteiger partial charge in [0.2, 0.25) is 0 Å². The lowest BCUT2D eigenvalue weighted by atomic mass is 9.89. The largest absolute Gasteiger partial charge is 0.469 e. The Balaban J connectivity index is 0.00000289. The number of benzene rings is 1. The van der Waals surface area contributed by atoms with Gasteiger partial charge in [-0.15, -0.1) is 12.4 Å². The number of nitrogens with zero attached hydrogens (tertiary/aromatic N) is 1. The number of halogens is 1. The molecule has 0 unspecified atom stereocenters. The molecule has 7 heteroatoms. The average molecular weight is 275 g/mol. The summed E-state index contributed by atoms with van der Waals surface area (Å²) in [4.78, 5) is 21.3. The highest BCUT2D eigenvalue weighted by atomic mass is 35.5. The van der Waals surface area contributed by atoms with Crippen molar-refractivity contribution in [3.05, 3.63) is 39.9 Å². The number of methoxy groups -OCH3 is 1. The van der Waals surface area contributed by atoms with Crippen molar-refractivity contribution in [3.8, 4) is 0 Å². The molecule has 1 rings (SSSR count). The first-order valence-electron chi connectivity index (χ1n) is 4.97. The van der Waals surface area contributed by atoms with Crippen molar-refractivity contribution in [2.75, 3.05) is 7.11 Å². The summed E-state index contributed by atoms with van der Waals surface area (Å²) in [7, 11) is 1.27. The number of hydrogen-bond acceptors (Lipinski definition) is 5. The molecule has 0 aromatic heterocycles. The van der Waals surface area contributed by atoms with E-state index in [0.717, 1.165) is 0 Å². The van der Waals surface area contributed by atoms with Crippen molar-refractivity contribution in [2.45, 2.75) is 18.9 Å². The molecule has 100 valence electrons. The van der Waals surface area contributed by atoms with E-state index in [-0.39, 0.29) is 24.5 Å². The summed E-state index contributed by atoms with van der Waals surface area (Å²) < 4.78 is 4.53. The molecule has 0 bridgehead atoms. The van der Waals surface area contributed by atoms with Gasteiger partial charge in [-0.05, 0) is 12.5 Å². The molecule has 0 heterocycles. The Morgan fingerprint density at radius 3 is 2.67 bits per heavy atom. The lowest BCUT2D eigenvalue weighted by molar-refractivity contribution is -0.385. The Hall–Kier alpha value is -1.66. The highest BCUT2D eigenvalue weighted by molar-refractivity contribution is 5.85. The smallest absolute Gasteiger partial charge is 0.307 e. The van der Waals surface area contributed by atoms with Crippen LogP contribution in [0.5, 0.6) is 0 Å². The summed E-state index contributed by atoms with van der Waals surface area (Å²) in [6.45, 7) is 1.63. The Bertz CT molecular complexity index is 448. The van der Waals surface area contributed by atoms with Crippen LogP contribution in [0.2, 0.25) is 0 Å². The predicted octanol–water partition coefficient (Wildman–Crippen LogP) is 1.75. The van der Waals surface area contributed by atoms with Gasteiger partial charge in [-0.1, -0.05) is 12.1 Å². The number of carbonyl (C=O) groups excluding carboxylic acids is 1. The van der Waals surface area contributed by atoms with Crippen molar-refractivity contribution in [1.29, 1.82) is 0 Å². The topological polar surface area (TPSA) is 95.5 Å². The van der Waals surface area contributed by atoms with Crippen molar-refractivity contribution in [2.24, 2.45) is 5.73 Å². The third-order valence-corrected chi connectivity index (χ3v) is 2.46. The molecule has 0 saturated heterocycles. The van der Waals surface area contributed by atoms with Gasteiger partial charge in [0.05, 0.1) is 18.5 Å². The van der Waals surface area contributed by atoms with Gasteiger partial charge in [-0.2, -0.15) is 0 Å². The molecule has 0 spiro atoms. The monoisotopic (exact) mass is 274 g/mol. The maximum atomic E-state index is 11.2. The van der Waals surface area contributed by atoms with Crippen LogP contribution >= 0.6 is 12.4 Å². The molecule has 0 aliphatic carbocycles. The molecule has 0 aliphatic rings. The number of nitrogens with two attached hydrogens (primary N) is 1. The maximum absolute atomic E-state index is 11.2. The number of esters is 1. The fourth-order valence-corrected chi connectivity index (χ4v) is 1.45. The average Bonchev–Trinajstić information content (AvgIpc) is 2.28. The van der Waals surface area contributed by atoms with Gasteiger partial charge in [0.25, 0.3) is 5.69 Å². The number of nitro groups is 1. The van der Waals surface area contributed by atoms with E-state index in [2.05, 4.69) is 4.74 Å². The second-order valence-corrected chi connectivity index (χ2v) is 3.98. The Labute approximate surface area is 111 Å². The van der Waals surface area contributed by atoms with Crippen LogP contribution in [0, 0.1) is 10.1 Å². The van der Waals surface area contributed by atoms with Crippen LogP contribution in [0.3, 0.4) is 0 Å². The predicted molar refractivity (Wildman–Crippen MR) is 68.5 cm³/mol. The van der Waals surface area contributed by atoms with Crippen LogP contribution in [-0.4, -0.2) is 18.0 Å². The van der Waals surface area contributed by atoms with Gasteiger partial charge in [0.1, 0.15) is 0 Å². The van der Waals surface area contributed by atoms with Gasteiger partial charge >= 0.3 is 5.97 Å². The van der Waals surface area contributed by atoms with E-state index >= 15 is 0 Å². The minimum Gasteiger partial charge on any atom is -0.469 e. The van der Waals surface area contributed by atoms with Gasteiger partial charge in [-0.25, -0.2) is 0 Å². The molecule has 0 saturated carbocycles. The van der Waals surface area contributed by atoms with Crippen LogP contribution in [0.1, 0.15) is 18.9 Å². The third kappa shape index (κ3) is 3.97. The molecular formula is C11H15ClN2O4. The quantitative estimate of drug-likeness (QED) is 0.513. The summed E-state index contributed by atoms with van der Waals surface area (Å²) in [5, 5.41) is 10.6. The van der Waals surface area contributed by atoms with Crippen molar-refractivity contribution >= 4 is 24.1 Å². The summed E-state index contributed by atoms with van der Waals surface area (Å²) >= 11 is 0. The number of ether oxygens (including phenoxy) is 1. The zero-order valence-electron chi connectivity index (χ0n) is 10.1. The van der Waals surface area contributed by atoms with E-state index in [1.54, 1.807) is 13.0 Å². The molecule has 0 amide bonds. The number of nitro benzene ring substituents is 1. The summed E-state index contributed by atoms with van der Waals surface area (Å²) in [5.74, 6) is -0.457. The van der Waals surface area contributed by atoms with E-state index < -0.39 is 16.4 Å². The Kier molecular flexibility index (Phi) is 5.74. The van der Waals surface area contributed by atoms with Gasteiger partial charge in [0, 0.05) is 17.7 Å². The van der Waals surface area contributed by atoms with E-state index in [4.69, 9.17) is 5.73 Å². The second kappa shape index (κ2) is 6.32. The molecule has 1 atom stereocenters. The lowest BCUT2D eigenvalue weighted by Crippen LogP contribution is -2.36. The molecule has 1 aromatic carbocycles. The summed E-state index contributed by atoms with van der Waals surface area (Å²) in [6.07, 6.45) is -0.0370. The van der Waals surface area contributed by atoms with Crippen LogP contribution in [0.15, 0.2) is 24.3 Å². The number of rotatable bonds is 4. The number of non-ortho nitro benzene ring substituents is 1. The highest BCUT2D eigenvalue weighted by Gasteiger charge is 2.26. The van der Waals surface area contributed by atoms with Gasteiger partial charge in [-0.3, -0.25) is 14.9 Å². The zero-order chi connectivity index (χ0) is 13.1. The lowest BCUT2D eigenvalue weighted by Gasteiger charge is -2.23. The van der Waals surface area contributed by atoms with E-state index in [1.165, 1.54) is 25.3 Å². The van der Waals surface area contributed by atoms with Crippen molar-refractivity contribution in [3.63, 3.8) is 0 Å². The van der Waals surface area contributed by atoms with Crippen molar-refractivity contribution in [1.82, 2.24) is 0 Å². The Morgan fingerprint density at radius 1 is 1.56 bits per heavy atom. The SMILES string of the molecule is COC(=O)C[C@@](C)(N)c1cccc([N+](=O)[O-])c1.Cl. The first-order chi connectivity index (χ1) is 7.86.